The van der Waals surface area contributed by atoms with E-state index >= 15 is 0 Å². The van der Waals surface area contributed by atoms with Gasteiger partial charge in [0.2, 0.25) is 11.8 Å². The van der Waals surface area contributed by atoms with Gasteiger partial charge in [0.1, 0.15) is 0 Å². The van der Waals surface area contributed by atoms with Crippen molar-refractivity contribution in [3.05, 3.63) is 22.4 Å². The molecule has 0 aromatic carbocycles. The fourth-order valence-corrected chi connectivity index (χ4v) is 2.91. The molecule has 0 aliphatic heterocycles. The molecular weight excluding hydrogens is 264 g/mol. The van der Waals surface area contributed by atoms with Gasteiger partial charge < -0.3 is 15.7 Å². The molecule has 1 saturated carbocycles. The van der Waals surface area contributed by atoms with Gasteiger partial charge in [-0.05, 0) is 24.3 Å². The predicted octanol–water partition coefficient (Wildman–Crippen LogP) is 0.955. The summed E-state index contributed by atoms with van der Waals surface area (Å²) in [6.07, 6.45) is 1.19. The van der Waals surface area contributed by atoms with E-state index in [9.17, 15) is 14.7 Å². The molecule has 2 rings (SSSR count). The molecule has 0 spiro atoms. The van der Waals surface area contributed by atoms with Crippen molar-refractivity contribution >= 4 is 23.2 Å². The number of hydrogen-bond donors (Lipinski definition) is 3. The average molecular weight is 282 g/mol. The van der Waals surface area contributed by atoms with Gasteiger partial charge >= 0.3 is 0 Å². The highest BCUT2D eigenvalue weighted by molar-refractivity contribution is 7.10. The van der Waals surface area contributed by atoms with Crippen molar-refractivity contribution in [1.29, 1.82) is 0 Å². The van der Waals surface area contributed by atoms with Crippen molar-refractivity contribution in [2.75, 3.05) is 0 Å². The Labute approximate surface area is 116 Å². The zero-order chi connectivity index (χ0) is 13.8. The van der Waals surface area contributed by atoms with Crippen LogP contribution < -0.4 is 10.6 Å². The molecule has 1 aliphatic carbocycles. The lowest BCUT2D eigenvalue weighted by molar-refractivity contribution is -0.124. The SMILES string of the molecule is CC(=O)NC(CC(=O)NC1CC(O)C1)c1cccs1. The highest BCUT2D eigenvalue weighted by atomic mass is 32.1. The summed E-state index contributed by atoms with van der Waals surface area (Å²) in [5.41, 5.74) is 0. The number of amides is 2. The molecule has 0 saturated heterocycles. The van der Waals surface area contributed by atoms with E-state index in [-0.39, 0.29) is 36.4 Å². The summed E-state index contributed by atoms with van der Waals surface area (Å²) < 4.78 is 0. The Bertz CT molecular complexity index is 441. The number of aliphatic hydroxyl groups excluding tert-OH is 1. The van der Waals surface area contributed by atoms with E-state index < -0.39 is 0 Å². The fourth-order valence-electron chi connectivity index (χ4n) is 2.14. The van der Waals surface area contributed by atoms with Crippen LogP contribution >= 0.6 is 11.3 Å². The second-order valence-corrected chi connectivity index (χ2v) is 5.84. The molecule has 1 aromatic rings. The van der Waals surface area contributed by atoms with Crippen LogP contribution in [0, 0.1) is 0 Å². The lowest BCUT2D eigenvalue weighted by Crippen LogP contribution is -2.47. The van der Waals surface area contributed by atoms with E-state index in [0.717, 1.165) is 4.88 Å². The second kappa shape index (κ2) is 6.16. The van der Waals surface area contributed by atoms with E-state index in [2.05, 4.69) is 10.6 Å². The van der Waals surface area contributed by atoms with Gasteiger partial charge in [0.25, 0.3) is 0 Å². The van der Waals surface area contributed by atoms with Crippen LogP contribution in [0.5, 0.6) is 0 Å². The molecule has 1 aromatic heterocycles. The van der Waals surface area contributed by atoms with Crippen LogP contribution in [0.25, 0.3) is 0 Å². The zero-order valence-corrected chi connectivity index (χ0v) is 11.6. The first-order valence-electron chi connectivity index (χ1n) is 6.32. The Morgan fingerprint density at radius 3 is 2.79 bits per heavy atom. The lowest BCUT2D eigenvalue weighted by atomic mass is 9.89. The molecule has 1 unspecified atom stereocenters. The molecule has 6 heteroatoms. The lowest BCUT2D eigenvalue weighted by Gasteiger charge is -2.32. The molecule has 3 N–H and O–H groups in total. The predicted molar refractivity (Wildman–Crippen MR) is 72.7 cm³/mol. The average Bonchev–Trinajstić information content (AvgIpc) is 2.78. The van der Waals surface area contributed by atoms with E-state index in [1.54, 1.807) is 0 Å². The quantitative estimate of drug-likeness (QED) is 0.752. The monoisotopic (exact) mass is 282 g/mol. The van der Waals surface area contributed by atoms with Gasteiger partial charge in [-0.1, -0.05) is 6.07 Å². The van der Waals surface area contributed by atoms with Crippen molar-refractivity contribution in [2.24, 2.45) is 0 Å². The summed E-state index contributed by atoms with van der Waals surface area (Å²) in [6, 6.07) is 3.60. The molecule has 1 aliphatic rings. The van der Waals surface area contributed by atoms with Gasteiger partial charge in [0.05, 0.1) is 18.6 Å². The zero-order valence-electron chi connectivity index (χ0n) is 10.8. The molecule has 19 heavy (non-hydrogen) atoms. The molecular formula is C13H18N2O3S. The minimum atomic E-state index is -0.284. The van der Waals surface area contributed by atoms with E-state index in [4.69, 9.17) is 0 Å². The Balaban J connectivity index is 1.88. The normalized spacial score (nSPS) is 23.3. The number of thiophene rings is 1. The molecule has 0 radical (unpaired) electrons. The maximum atomic E-state index is 11.9. The molecule has 1 heterocycles. The highest BCUT2D eigenvalue weighted by Crippen LogP contribution is 2.23. The Morgan fingerprint density at radius 2 is 2.26 bits per heavy atom. The summed E-state index contributed by atoms with van der Waals surface area (Å²) in [6.45, 7) is 1.45. The van der Waals surface area contributed by atoms with Gasteiger partial charge in [0, 0.05) is 17.8 Å². The van der Waals surface area contributed by atoms with Crippen LogP contribution in [-0.4, -0.2) is 29.1 Å². The molecule has 1 atom stereocenters. The number of nitrogens with one attached hydrogen (secondary N) is 2. The van der Waals surface area contributed by atoms with Crippen molar-refractivity contribution in [3.8, 4) is 0 Å². The third kappa shape index (κ3) is 4.04. The molecule has 5 nitrogen and oxygen atoms in total. The first-order valence-corrected chi connectivity index (χ1v) is 7.20. The van der Waals surface area contributed by atoms with Gasteiger partial charge in [-0.25, -0.2) is 0 Å². The third-order valence-electron chi connectivity index (χ3n) is 3.13. The van der Waals surface area contributed by atoms with Crippen LogP contribution in [0.4, 0.5) is 0 Å². The Hall–Kier alpha value is -1.40. The number of aliphatic hydroxyl groups is 1. The number of carbonyl (C=O) groups excluding carboxylic acids is 2. The first-order chi connectivity index (χ1) is 9.04. The van der Waals surface area contributed by atoms with Crippen molar-refractivity contribution in [3.63, 3.8) is 0 Å². The minimum Gasteiger partial charge on any atom is -0.393 e. The van der Waals surface area contributed by atoms with Crippen LogP contribution in [0.15, 0.2) is 17.5 Å². The van der Waals surface area contributed by atoms with Crippen LogP contribution in [-0.2, 0) is 9.59 Å². The van der Waals surface area contributed by atoms with Gasteiger partial charge in [-0.3, -0.25) is 9.59 Å². The van der Waals surface area contributed by atoms with Crippen LogP contribution in [0.1, 0.15) is 37.1 Å². The smallest absolute Gasteiger partial charge is 0.222 e. The van der Waals surface area contributed by atoms with E-state index in [1.165, 1.54) is 18.3 Å². The van der Waals surface area contributed by atoms with Crippen molar-refractivity contribution in [2.45, 2.75) is 44.4 Å². The third-order valence-corrected chi connectivity index (χ3v) is 4.12. The van der Waals surface area contributed by atoms with E-state index in [0.29, 0.717) is 12.8 Å². The topological polar surface area (TPSA) is 78.4 Å². The van der Waals surface area contributed by atoms with Crippen LogP contribution in [0.2, 0.25) is 0 Å². The molecule has 104 valence electrons. The highest BCUT2D eigenvalue weighted by Gasteiger charge is 2.29. The van der Waals surface area contributed by atoms with Crippen molar-refractivity contribution in [1.82, 2.24) is 10.6 Å². The summed E-state index contributed by atoms with van der Waals surface area (Å²) in [4.78, 5) is 24.1. The number of rotatable bonds is 5. The number of carbonyl (C=O) groups is 2. The minimum absolute atomic E-state index is 0.0730. The summed E-state index contributed by atoms with van der Waals surface area (Å²) in [7, 11) is 0. The van der Waals surface area contributed by atoms with E-state index in [1.807, 2.05) is 17.5 Å². The molecule has 2 amide bonds. The summed E-state index contributed by atoms with van der Waals surface area (Å²) >= 11 is 1.52. The number of hydrogen-bond acceptors (Lipinski definition) is 4. The maximum Gasteiger partial charge on any atom is 0.222 e. The fraction of sp³-hybridized carbons (Fsp3) is 0.538. The van der Waals surface area contributed by atoms with Gasteiger partial charge in [-0.2, -0.15) is 0 Å². The Kier molecular flexibility index (Phi) is 4.55. The second-order valence-electron chi connectivity index (χ2n) is 4.86. The van der Waals surface area contributed by atoms with Gasteiger partial charge in [-0.15, -0.1) is 11.3 Å². The first kappa shape index (κ1) is 14.0. The molecule has 0 bridgehead atoms. The summed E-state index contributed by atoms with van der Waals surface area (Å²) in [5.74, 6) is -0.241. The van der Waals surface area contributed by atoms with Crippen LogP contribution in [0.3, 0.4) is 0 Å². The standard InChI is InChI=1S/C13H18N2O3S/c1-8(16)14-11(12-3-2-4-19-12)7-13(18)15-9-5-10(17)6-9/h2-4,9-11,17H,5-7H2,1H3,(H,14,16)(H,15,18). The maximum absolute atomic E-state index is 11.9. The van der Waals surface area contributed by atoms with Gasteiger partial charge in [0.15, 0.2) is 0 Å². The summed E-state index contributed by atoms with van der Waals surface area (Å²) in [5, 5.41) is 16.8. The Morgan fingerprint density at radius 1 is 1.53 bits per heavy atom. The van der Waals surface area contributed by atoms with Crippen molar-refractivity contribution < 1.29 is 14.7 Å². The largest absolute Gasteiger partial charge is 0.393 e. The molecule has 1 fully saturated rings.